The molecule has 0 aliphatic heterocycles. The zero-order chi connectivity index (χ0) is 10.1. The van der Waals surface area contributed by atoms with Crippen molar-refractivity contribution in [1.29, 1.82) is 0 Å². The van der Waals surface area contributed by atoms with E-state index >= 15 is 0 Å². The van der Waals surface area contributed by atoms with Crippen LogP contribution in [-0.2, 0) is 14.6 Å². The van der Waals surface area contributed by atoms with E-state index in [-0.39, 0.29) is 23.9 Å². The summed E-state index contributed by atoms with van der Waals surface area (Å²) in [5.74, 6) is 0.713. The maximum absolute atomic E-state index is 11.4. The van der Waals surface area contributed by atoms with Crippen LogP contribution in [0, 0.1) is 11.8 Å². The second-order valence-electron chi connectivity index (χ2n) is 3.97. The molecule has 0 aromatic rings. The van der Waals surface area contributed by atoms with E-state index < -0.39 is 9.84 Å². The van der Waals surface area contributed by atoms with Crippen molar-refractivity contribution in [3.63, 3.8) is 0 Å². The number of ketones is 1. The molecule has 1 saturated carbocycles. The average molecular weight is 204 g/mol. The van der Waals surface area contributed by atoms with Gasteiger partial charge in [-0.3, -0.25) is 4.79 Å². The van der Waals surface area contributed by atoms with Crippen molar-refractivity contribution in [3.8, 4) is 0 Å². The summed E-state index contributed by atoms with van der Waals surface area (Å²) in [5.41, 5.74) is 0. The van der Waals surface area contributed by atoms with Crippen LogP contribution in [0.4, 0.5) is 0 Å². The third-order valence-corrected chi connectivity index (χ3v) is 3.50. The van der Waals surface area contributed by atoms with Crippen LogP contribution < -0.4 is 0 Å². The van der Waals surface area contributed by atoms with Gasteiger partial charge in [0.15, 0.2) is 0 Å². The summed E-state index contributed by atoms with van der Waals surface area (Å²) in [6.45, 7) is 1.91. The van der Waals surface area contributed by atoms with E-state index in [1.165, 1.54) is 6.26 Å². The fourth-order valence-corrected chi connectivity index (χ4v) is 1.94. The molecule has 0 saturated heterocycles. The van der Waals surface area contributed by atoms with Gasteiger partial charge in [-0.05, 0) is 18.8 Å². The fraction of sp³-hybridized carbons (Fsp3) is 0.889. The maximum Gasteiger partial charge on any atom is 0.147 e. The van der Waals surface area contributed by atoms with Crippen LogP contribution >= 0.6 is 0 Å². The summed E-state index contributed by atoms with van der Waals surface area (Å²) in [6.07, 6.45) is 3.62. The van der Waals surface area contributed by atoms with Gasteiger partial charge >= 0.3 is 0 Å². The first kappa shape index (κ1) is 10.7. The van der Waals surface area contributed by atoms with Crippen molar-refractivity contribution >= 4 is 15.6 Å². The molecular weight excluding hydrogens is 188 g/mol. The largest absolute Gasteiger partial charge is 0.299 e. The highest BCUT2D eigenvalue weighted by molar-refractivity contribution is 7.90. The Kier molecular flexibility index (Phi) is 3.11. The van der Waals surface area contributed by atoms with Crippen LogP contribution in [0.2, 0.25) is 0 Å². The number of hydrogen-bond donors (Lipinski definition) is 0. The fourth-order valence-electron chi connectivity index (χ4n) is 1.37. The van der Waals surface area contributed by atoms with E-state index in [4.69, 9.17) is 0 Å². The molecule has 76 valence electrons. The van der Waals surface area contributed by atoms with Gasteiger partial charge in [0.1, 0.15) is 15.6 Å². The smallest absolute Gasteiger partial charge is 0.147 e. The molecule has 0 aromatic heterocycles. The molecule has 0 heterocycles. The zero-order valence-electron chi connectivity index (χ0n) is 8.12. The minimum absolute atomic E-state index is 0.00287. The normalized spacial score (nSPS) is 19.8. The zero-order valence-corrected chi connectivity index (χ0v) is 8.93. The Morgan fingerprint density at radius 1 is 1.46 bits per heavy atom. The highest BCUT2D eigenvalue weighted by Crippen LogP contribution is 2.37. The molecule has 0 radical (unpaired) electrons. The molecule has 13 heavy (non-hydrogen) atoms. The van der Waals surface area contributed by atoms with Crippen LogP contribution in [0.15, 0.2) is 0 Å². The first-order chi connectivity index (χ1) is 5.90. The number of carbonyl (C=O) groups is 1. The van der Waals surface area contributed by atoms with Crippen molar-refractivity contribution in [1.82, 2.24) is 0 Å². The molecule has 4 heteroatoms. The van der Waals surface area contributed by atoms with E-state index in [0.29, 0.717) is 5.92 Å². The lowest BCUT2D eigenvalue weighted by Crippen LogP contribution is -2.17. The Bertz CT molecular complexity index is 288. The van der Waals surface area contributed by atoms with E-state index in [1.54, 1.807) is 0 Å². The Labute approximate surface area is 79.4 Å². The number of rotatable bonds is 5. The number of Topliss-reactive ketones (excluding diaryl/α,β-unsaturated/α-hetero) is 1. The second-order valence-corrected chi connectivity index (χ2v) is 6.23. The van der Waals surface area contributed by atoms with Gasteiger partial charge in [0.25, 0.3) is 0 Å². The van der Waals surface area contributed by atoms with Gasteiger partial charge in [0.05, 0.1) is 5.75 Å². The van der Waals surface area contributed by atoms with Crippen molar-refractivity contribution in [3.05, 3.63) is 0 Å². The number of hydrogen-bond acceptors (Lipinski definition) is 3. The number of sulfone groups is 1. The molecule has 0 N–H and O–H groups in total. The van der Waals surface area contributed by atoms with Gasteiger partial charge in [-0.2, -0.15) is 0 Å². The second kappa shape index (κ2) is 3.78. The molecular formula is C9H16O3S. The minimum atomic E-state index is -2.98. The van der Waals surface area contributed by atoms with E-state index in [0.717, 1.165) is 12.8 Å². The summed E-state index contributed by atoms with van der Waals surface area (Å²) >= 11 is 0. The molecule has 3 nitrogen and oxygen atoms in total. The highest BCUT2D eigenvalue weighted by Gasteiger charge is 2.32. The van der Waals surface area contributed by atoms with E-state index in [9.17, 15) is 13.2 Å². The quantitative estimate of drug-likeness (QED) is 0.672. The van der Waals surface area contributed by atoms with Gasteiger partial charge in [-0.1, -0.05) is 6.92 Å². The first-order valence-corrected chi connectivity index (χ1v) is 6.66. The average Bonchev–Trinajstić information content (AvgIpc) is 2.79. The SMILES string of the molecule is CC(C(=O)CCS(C)(=O)=O)C1CC1. The minimum Gasteiger partial charge on any atom is -0.299 e. The van der Waals surface area contributed by atoms with Crippen molar-refractivity contribution in [2.75, 3.05) is 12.0 Å². The topological polar surface area (TPSA) is 51.2 Å². The molecule has 1 aliphatic rings. The van der Waals surface area contributed by atoms with Crippen LogP contribution in [0.5, 0.6) is 0 Å². The molecule has 0 bridgehead atoms. The third kappa shape index (κ3) is 3.89. The maximum atomic E-state index is 11.4. The Morgan fingerprint density at radius 2 is 2.00 bits per heavy atom. The molecule has 1 atom stereocenters. The van der Waals surface area contributed by atoms with Crippen molar-refractivity contribution in [2.45, 2.75) is 26.2 Å². The Hall–Kier alpha value is -0.380. The molecule has 1 fully saturated rings. The first-order valence-electron chi connectivity index (χ1n) is 4.60. The van der Waals surface area contributed by atoms with Gasteiger partial charge in [0.2, 0.25) is 0 Å². The van der Waals surface area contributed by atoms with Crippen molar-refractivity contribution in [2.24, 2.45) is 11.8 Å². The molecule has 0 amide bonds. The van der Waals surface area contributed by atoms with Crippen LogP contribution in [0.3, 0.4) is 0 Å². The summed E-state index contributed by atoms with van der Waals surface area (Å²) in [5, 5.41) is 0. The summed E-state index contributed by atoms with van der Waals surface area (Å²) < 4.78 is 21.6. The van der Waals surface area contributed by atoms with Gasteiger partial charge in [-0.25, -0.2) is 8.42 Å². The molecule has 0 aromatic carbocycles. The molecule has 1 aliphatic carbocycles. The Balaban J connectivity index is 2.32. The van der Waals surface area contributed by atoms with Gasteiger partial charge in [0, 0.05) is 18.6 Å². The van der Waals surface area contributed by atoms with E-state index in [2.05, 4.69) is 0 Å². The lowest BCUT2D eigenvalue weighted by atomic mass is 9.99. The molecule has 0 spiro atoms. The molecule has 1 unspecified atom stereocenters. The van der Waals surface area contributed by atoms with Crippen LogP contribution in [0.1, 0.15) is 26.2 Å². The molecule has 1 rings (SSSR count). The van der Waals surface area contributed by atoms with Crippen molar-refractivity contribution < 1.29 is 13.2 Å². The predicted octanol–water partition coefficient (Wildman–Crippen LogP) is 1.04. The number of carbonyl (C=O) groups excluding carboxylic acids is 1. The monoisotopic (exact) mass is 204 g/mol. The summed E-state index contributed by atoms with van der Waals surface area (Å²) in [7, 11) is -2.98. The standard InChI is InChI=1S/C9H16O3S/c1-7(8-3-4-8)9(10)5-6-13(2,11)12/h7-8H,3-6H2,1-2H3. The Morgan fingerprint density at radius 3 is 2.38 bits per heavy atom. The lowest BCUT2D eigenvalue weighted by Gasteiger charge is -2.07. The van der Waals surface area contributed by atoms with Gasteiger partial charge in [-0.15, -0.1) is 0 Å². The van der Waals surface area contributed by atoms with Gasteiger partial charge < -0.3 is 0 Å². The predicted molar refractivity (Wildman–Crippen MR) is 51.2 cm³/mol. The van der Waals surface area contributed by atoms with Crippen LogP contribution in [0.25, 0.3) is 0 Å². The summed E-state index contributed by atoms with van der Waals surface area (Å²) in [6, 6.07) is 0. The van der Waals surface area contributed by atoms with E-state index in [1.807, 2.05) is 6.92 Å². The lowest BCUT2D eigenvalue weighted by molar-refractivity contribution is -0.122. The summed E-state index contributed by atoms with van der Waals surface area (Å²) in [4.78, 5) is 11.4. The highest BCUT2D eigenvalue weighted by atomic mass is 32.2. The third-order valence-electron chi connectivity index (χ3n) is 2.56. The van der Waals surface area contributed by atoms with Crippen LogP contribution in [-0.4, -0.2) is 26.2 Å².